The minimum atomic E-state index is 0.388. The van der Waals surface area contributed by atoms with Gasteiger partial charge in [-0.05, 0) is 45.4 Å². The molecule has 2 aromatic rings. The minimum Gasteiger partial charge on any atom is -0.339 e. The summed E-state index contributed by atoms with van der Waals surface area (Å²) < 4.78 is 5.39. The fourth-order valence-electron chi connectivity index (χ4n) is 2.34. The molecular formula is C16H24N4O. The van der Waals surface area contributed by atoms with Gasteiger partial charge in [-0.25, -0.2) is 0 Å². The van der Waals surface area contributed by atoms with Crippen LogP contribution in [0.3, 0.4) is 0 Å². The van der Waals surface area contributed by atoms with Gasteiger partial charge in [-0.3, -0.25) is 4.98 Å². The Hall–Kier alpha value is -1.75. The molecule has 0 saturated carbocycles. The average Bonchev–Trinajstić information content (AvgIpc) is 2.91. The first-order chi connectivity index (χ1) is 10.1. The maximum atomic E-state index is 5.39. The molecule has 0 radical (unpaired) electrons. The summed E-state index contributed by atoms with van der Waals surface area (Å²) in [4.78, 5) is 8.88. The zero-order valence-electron chi connectivity index (χ0n) is 13.3. The first-order valence-corrected chi connectivity index (χ1v) is 7.64. The van der Waals surface area contributed by atoms with Gasteiger partial charge in [0.15, 0.2) is 0 Å². The van der Waals surface area contributed by atoms with Gasteiger partial charge < -0.3 is 9.84 Å². The van der Waals surface area contributed by atoms with Crippen LogP contribution in [-0.4, -0.2) is 27.7 Å². The zero-order chi connectivity index (χ0) is 15.2. The van der Waals surface area contributed by atoms with Gasteiger partial charge in [0, 0.05) is 29.4 Å². The highest BCUT2D eigenvalue weighted by atomic mass is 16.5. The monoisotopic (exact) mass is 288 g/mol. The van der Waals surface area contributed by atoms with Crippen LogP contribution in [0.2, 0.25) is 0 Å². The van der Waals surface area contributed by atoms with Crippen LogP contribution in [0.25, 0.3) is 11.4 Å². The molecule has 0 amide bonds. The van der Waals surface area contributed by atoms with Crippen molar-refractivity contribution in [2.45, 2.75) is 53.0 Å². The van der Waals surface area contributed by atoms with Crippen LogP contribution >= 0.6 is 0 Å². The van der Waals surface area contributed by atoms with Gasteiger partial charge in [-0.2, -0.15) is 4.98 Å². The topological polar surface area (TPSA) is 63.8 Å². The number of hydrogen-bond donors (Lipinski definition) is 1. The molecule has 0 aliphatic rings. The van der Waals surface area contributed by atoms with Crippen molar-refractivity contribution in [3.05, 3.63) is 29.4 Å². The van der Waals surface area contributed by atoms with E-state index in [1.165, 1.54) is 0 Å². The van der Waals surface area contributed by atoms with E-state index in [0.29, 0.717) is 17.8 Å². The second-order valence-electron chi connectivity index (χ2n) is 5.41. The third-order valence-electron chi connectivity index (χ3n) is 3.40. The number of pyridine rings is 1. The van der Waals surface area contributed by atoms with Crippen LogP contribution in [0.4, 0.5) is 0 Å². The smallest absolute Gasteiger partial charge is 0.228 e. The van der Waals surface area contributed by atoms with E-state index in [9.17, 15) is 0 Å². The van der Waals surface area contributed by atoms with E-state index in [0.717, 1.165) is 42.8 Å². The predicted molar refractivity (Wildman–Crippen MR) is 83.1 cm³/mol. The summed E-state index contributed by atoms with van der Waals surface area (Å²) in [6.45, 7) is 9.29. The van der Waals surface area contributed by atoms with Gasteiger partial charge in [0.2, 0.25) is 11.7 Å². The Kier molecular flexibility index (Phi) is 5.44. The van der Waals surface area contributed by atoms with E-state index < -0.39 is 0 Å². The van der Waals surface area contributed by atoms with E-state index in [1.54, 1.807) is 0 Å². The van der Waals surface area contributed by atoms with Crippen molar-refractivity contribution in [2.75, 3.05) is 6.54 Å². The van der Waals surface area contributed by atoms with Crippen LogP contribution in [0, 0.1) is 13.8 Å². The predicted octanol–water partition coefficient (Wildman–Crippen LogP) is 3.07. The number of aromatic nitrogens is 3. The molecule has 0 aliphatic heterocycles. The summed E-state index contributed by atoms with van der Waals surface area (Å²) >= 11 is 0. The maximum absolute atomic E-state index is 5.39. The second kappa shape index (κ2) is 7.31. The summed E-state index contributed by atoms with van der Waals surface area (Å²) in [6.07, 6.45) is 2.94. The van der Waals surface area contributed by atoms with Gasteiger partial charge in [0.25, 0.3) is 0 Å². The van der Waals surface area contributed by atoms with E-state index in [1.807, 2.05) is 26.0 Å². The number of rotatable bonds is 7. The maximum Gasteiger partial charge on any atom is 0.228 e. The first-order valence-electron chi connectivity index (χ1n) is 7.64. The molecular weight excluding hydrogens is 264 g/mol. The van der Waals surface area contributed by atoms with Crippen molar-refractivity contribution in [1.82, 2.24) is 20.4 Å². The molecule has 0 fully saturated rings. The van der Waals surface area contributed by atoms with Crippen LogP contribution in [0.5, 0.6) is 0 Å². The fraction of sp³-hybridized carbons (Fsp3) is 0.562. The molecule has 5 nitrogen and oxygen atoms in total. The van der Waals surface area contributed by atoms with E-state index in [2.05, 4.69) is 34.3 Å². The average molecular weight is 288 g/mol. The molecule has 2 aromatic heterocycles. The molecule has 1 unspecified atom stereocenters. The van der Waals surface area contributed by atoms with Gasteiger partial charge in [-0.1, -0.05) is 19.0 Å². The van der Waals surface area contributed by atoms with Gasteiger partial charge in [-0.15, -0.1) is 0 Å². The standard InChI is InChI=1S/C16H24N4O/c1-5-7-17-14(6-2)10-15-19-16(20-21-15)13-8-11(3)18-12(4)9-13/h8-9,14,17H,5-7,10H2,1-4H3. The first kappa shape index (κ1) is 15.6. The van der Waals surface area contributed by atoms with Crippen molar-refractivity contribution >= 4 is 0 Å². The van der Waals surface area contributed by atoms with Gasteiger partial charge in [0.1, 0.15) is 0 Å². The molecule has 114 valence electrons. The van der Waals surface area contributed by atoms with Gasteiger partial charge >= 0.3 is 0 Å². The quantitative estimate of drug-likeness (QED) is 0.848. The molecule has 0 saturated heterocycles. The summed E-state index contributed by atoms with van der Waals surface area (Å²) in [5.74, 6) is 1.33. The second-order valence-corrected chi connectivity index (χ2v) is 5.41. The minimum absolute atomic E-state index is 0.388. The molecule has 0 aliphatic carbocycles. The number of aryl methyl sites for hydroxylation is 2. The van der Waals surface area contributed by atoms with Crippen LogP contribution in [0.1, 0.15) is 44.0 Å². The number of hydrogen-bond acceptors (Lipinski definition) is 5. The molecule has 1 atom stereocenters. The third-order valence-corrected chi connectivity index (χ3v) is 3.40. The number of nitrogens with zero attached hydrogens (tertiary/aromatic N) is 3. The van der Waals surface area contributed by atoms with Gasteiger partial charge in [0.05, 0.1) is 0 Å². The lowest BCUT2D eigenvalue weighted by Crippen LogP contribution is -2.31. The van der Waals surface area contributed by atoms with Crippen molar-refractivity contribution in [3.8, 4) is 11.4 Å². The highest BCUT2D eigenvalue weighted by Gasteiger charge is 2.14. The molecule has 1 N–H and O–H groups in total. The SMILES string of the molecule is CCCNC(CC)Cc1nc(-c2cc(C)nc(C)c2)no1. The Morgan fingerprint density at radius 1 is 1.14 bits per heavy atom. The highest BCUT2D eigenvalue weighted by molar-refractivity contribution is 5.55. The Labute approximate surface area is 126 Å². The lowest BCUT2D eigenvalue weighted by Gasteiger charge is -2.13. The lowest BCUT2D eigenvalue weighted by molar-refractivity contribution is 0.354. The lowest BCUT2D eigenvalue weighted by atomic mass is 10.1. The summed E-state index contributed by atoms with van der Waals surface area (Å²) in [5.41, 5.74) is 2.89. The van der Waals surface area contributed by atoms with Crippen molar-refractivity contribution in [1.29, 1.82) is 0 Å². The largest absolute Gasteiger partial charge is 0.339 e. The normalized spacial score (nSPS) is 12.6. The molecule has 0 spiro atoms. The summed E-state index contributed by atoms with van der Waals surface area (Å²) in [5, 5.41) is 7.59. The van der Waals surface area contributed by atoms with E-state index >= 15 is 0 Å². The van der Waals surface area contributed by atoms with Crippen molar-refractivity contribution in [2.24, 2.45) is 0 Å². The molecule has 5 heteroatoms. The molecule has 0 aromatic carbocycles. The van der Waals surface area contributed by atoms with Crippen molar-refractivity contribution < 1.29 is 4.52 Å². The van der Waals surface area contributed by atoms with E-state index in [-0.39, 0.29) is 0 Å². The summed E-state index contributed by atoms with van der Waals surface area (Å²) in [6, 6.07) is 4.35. The summed E-state index contributed by atoms with van der Waals surface area (Å²) in [7, 11) is 0. The molecule has 2 rings (SSSR count). The Bertz CT molecular complexity index is 559. The zero-order valence-corrected chi connectivity index (χ0v) is 13.3. The Balaban J connectivity index is 2.10. The molecule has 2 heterocycles. The van der Waals surface area contributed by atoms with E-state index in [4.69, 9.17) is 4.52 Å². The molecule has 21 heavy (non-hydrogen) atoms. The van der Waals surface area contributed by atoms with Crippen LogP contribution < -0.4 is 5.32 Å². The van der Waals surface area contributed by atoms with Crippen molar-refractivity contribution in [3.63, 3.8) is 0 Å². The highest BCUT2D eigenvalue weighted by Crippen LogP contribution is 2.18. The third kappa shape index (κ3) is 4.36. The Morgan fingerprint density at radius 3 is 2.48 bits per heavy atom. The Morgan fingerprint density at radius 2 is 1.86 bits per heavy atom. The fourth-order valence-corrected chi connectivity index (χ4v) is 2.34. The van der Waals surface area contributed by atoms with Crippen LogP contribution in [0.15, 0.2) is 16.7 Å². The number of nitrogens with one attached hydrogen (secondary N) is 1. The molecule has 0 bridgehead atoms. The van der Waals surface area contributed by atoms with Crippen LogP contribution in [-0.2, 0) is 6.42 Å².